The Labute approximate surface area is 107 Å². The first-order chi connectivity index (χ1) is 8.53. The fraction of sp³-hybridized carbons (Fsp3) is 0.462. The lowest BCUT2D eigenvalue weighted by Crippen LogP contribution is -2.47. The van der Waals surface area contributed by atoms with Gasteiger partial charge in [-0.05, 0) is 26.0 Å². The second-order valence-corrected chi connectivity index (χ2v) is 4.10. The average Bonchev–Trinajstić information content (AvgIpc) is 2.37. The quantitative estimate of drug-likeness (QED) is 0.777. The van der Waals surface area contributed by atoms with E-state index in [0.29, 0.717) is 18.0 Å². The van der Waals surface area contributed by atoms with E-state index in [2.05, 4.69) is 5.32 Å². The van der Waals surface area contributed by atoms with Gasteiger partial charge in [0.1, 0.15) is 5.75 Å². The highest BCUT2D eigenvalue weighted by Gasteiger charge is 2.34. The Kier molecular flexibility index (Phi) is 4.97. The van der Waals surface area contributed by atoms with Gasteiger partial charge in [-0.2, -0.15) is 0 Å². The molecular formula is C13H19NO4. The van der Waals surface area contributed by atoms with Crippen molar-refractivity contribution in [1.82, 2.24) is 0 Å². The molecule has 0 aliphatic rings. The van der Waals surface area contributed by atoms with Crippen LogP contribution < -0.4 is 10.1 Å². The second kappa shape index (κ2) is 6.26. The fourth-order valence-corrected chi connectivity index (χ4v) is 1.50. The van der Waals surface area contributed by atoms with Crippen molar-refractivity contribution in [2.24, 2.45) is 0 Å². The Morgan fingerprint density at radius 1 is 1.44 bits per heavy atom. The molecule has 1 atom stereocenters. The van der Waals surface area contributed by atoms with E-state index in [0.717, 1.165) is 0 Å². The number of hydrogen-bond donors (Lipinski definition) is 2. The number of para-hydroxylation sites is 2. The number of carbonyl (C=O) groups is 1. The molecule has 100 valence electrons. The minimum Gasteiger partial charge on any atom is -0.495 e. The van der Waals surface area contributed by atoms with Gasteiger partial charge >= 0.3 is 5.97 Å². The van der Waals surface area contributed by atoms with Crippen LogP contribution in [-0.4, -0.2) is 36.9 Å². The van der Waals surface area contributed by atoms with Gasteiger partial charge in [-0.15, -0.1) is 0 Å². The van der Waals surface area contributed by atoms with Crippen molar-refractivity contribution in [1.29, 1.82) is 0 Å². The van der Waals surface area contributed by atoms with Gasteiger partial charge < -0.3 is 19.9 Å². The molecule has 18 heavy (non-hydrogen) atoms. The summed E-state index contributed by atoms with van der Waals surface area (Å²) in [4.78, 5) is 11.3. The summed E-state index contributed by atoms with van der Waals surface area (Å²) in [5, 5.41) is 12.3. The number of carboxylic acids is 1. The van der Waals surface area contributed by atoms with Crippen LogP contribution in [0.5, 0.6) is 5.75 Å². The molecule has 0 amide bonds. The molecule has 1 rings (SSSR count). The van der Waals surface area contributed by atoms with Crippen molar-refractivity contribution >= 4 is 11.7 Å². The van der Waals surface area contributed by atoms with Crippen LogP contribution in [0.1, 0.15) is 13.8 Å². The highest BCUT2D eigenvalue weighted by molar-refractivity contribution is 5.83. The summed E-state index contributed by atoms with van der Waals surface area (Å²) in [5.74, 6) is -0.372. The third-order valence-electron chi connectivity index (χ3n) is 2.58. The minimum absolute atomic E-state index is 0.0802. The lowest BCUT2D eigenvalue weighted by Gasteiger charge is -2.27. The highest BCUT2D eigenvalue weighted by atomic mass is 16.5. The molecule has 1 aromatic carbocycles. The summed E-state index contributed by atoms with van der Waals surface area (Å²) >= 11 is 0. The predicted octanol–water partition coefficient (Wildman–Crippen LogP) is 1.99. The summed E-state index contributed by atoms with van der Waals surface area (Å²) < 4.78 is 10.4. The van der Waals surface area contributed by atoms with Gasteiger partial charge in [-0.1, -0.05) is 12.1 Å². The molecule has 0 aliphatic carbocycles. The third-order valence-corrected chi connectivity index (χ3v) is 2.58. The summed E-state index contributed by atoms with van der Waals surface area (Å²) in [5.41, 5.74) is -0.561. The lowest BCUT2D eigenvalue weighted by molar-refractivity contribution is -0.143. The first-order valence-corrected chi connectivity index (χ1v) is 5.76. The van der Waals surface area contributed by atoms with Crippen molar-refractivity contribution in [3.05, 3.63) is 24.3 Å². The molecule has 1 aromatic rings. The smallest absolute Gasteiger partial charge is 0.331 e. The van der Waals surface area contributed by atoms with Crippen molar-refractivity contribution in [2.45, 2.75) is 19.4 Å². The Balaban J connectivity index is 2.92. The van der Waals surface area contributed by atoms with Crippen molar-refractivity contribution in [3.63, 3.8) is 0 Å². The van der Waals surface area contributed by atoms with Crippen LogP contribution in [0.15, 0.2) is 24.3 Å². The maximum absolute atomic E-state index is 11.3. The van der Waals surface area contributed by atoms with Crippen LogP contribution in [-0.2, 0) is 9.53 Å². The van der Waals surface area contributed by atoms with E-state index in [9.17, 15) is 9.90 Å². The Morgan fingerprint density at radius 3 is 2.67 bits per heavy atom. The van der Waals surface area contributed by atoms with Gasteiger partial charge in [0.2, 0.25) is 0 Å². The molecule has 5 heteroatoms. The molecule has 0 aliphatic heterocycles. The Morgan fingerprint density at radius 2 is 2.11 bits per heavy atom. The molecule has 1 unspecified atom stereocenters. The summed E-state index contributed by atoms with van der Waals surface area (Å²) in [6.45, 7) is 3.95. The molecule has 0 aromatic heterocycles. The molecule has 0 heterocycles. The maximum Gasteiger partial charge on any atom is 0.331 e. The van der Waals surface area contributed by atoms with E-state index in [1.54, 1.807) is 26.2 Å². The number of carboxylic acid groups (broad SMARTS) is 1. The maximum atomic E-state index is 11.3. The first kappa shape index (κ1) is 14.3. The van der Waals surface area contributed by atoms with E-state index in [-0.39, 0.29) is 6.61 Å². The average molecular weight is 253 g/mol. The van der Waals surface area contributed by atoms with E-state index >= 15 is 0 Å². The number of aliphatic carboxylic acids is 1. The molecule has 2 N–H and O–H groups in total. The van der Waals surface area contributed by atoms with Crippen LogP contribution in [0.25, 0.3) is 0 Å². The van der Waals surface area contributed by atoms with Crippen LogP contribution in [0.2, 0.25) is 0 Å². The highest BCUT2D eigenvalue weighted by Crippen LogP contribution is 2.26. The van der Waals surface area contributed by atoms with Gasteiger partial charge in [-0.25, -0.2) is 4.79 Å². The SMILES string of the molecule is CCOCC(C)(Nc1ccccc1OC)C(=O)O. The molecule has 0 fully saturated rings. The number of benzene rings is 1. The number of methoxy groups -OCH3 is 1. The zero-order valence-corrected chi connectivity index (χ0v) is 10.9. The van der Waals surface area contributed by atoms with Crippen molar-refractivity contribution in [2.75, 3.05) is 25.6 Å². The molecular weight excluding hydrogens is 234 g/mol. The van der Waals surface area contributed by atoms with E-state index in [4.69, 9.17) is 9.47 Å². The van der Waals surface area contributed by atoms with Gasteiger partial charge in [-0.3, -0.25) is 0 Å². The van der Waals surface area contributed by atoms with Gasteiger partial charge in [0.25, 0.3) is 0 Å². The van der Waals surface area contributed by atoms with E-state index < -0.39 is 11.5 Å². The van der Waals surface area contributed by atoms with Crippen LogP contribution in [0.3, 0.4) is 0 Å². The summed E-state index contributed by atoms with van der Waals surface area (Å²) in [7, 11) is 1.54. The van der Waals surface area contributed by atoms with Crippen molar-refractivity contribution < 1.29 is 19.4 Å². The second-order valence-electron chi connectivity index (χ2n) is 4.10. The molecule has 0 bridgehead atoms. The van der Waals surface area contributed by atoms with Crippen LogP contribution >= 0.6 is 0 Å². The normalized spacial score (nSPS) is 13.7. The topological polar surface area (TPSA) is 67.8 Å². The largest absolute Gasteiger partial charge is 0.495 e. The van der Waals surface area contributed by atoms with Gasteiger partial charge in [0.05, 0.1) is 19.4 Å². The van der Waals surface area contributed by atoms with E-state index in [1.165, 1.54) is 0 Å². The molecule has 0 radical (unpaired) electrons. The van der Waals surface area contributed by atoms with Crippen LogP contribution in [0, 0.1) is 0 Å². The number of rotatable bonds is 7. The standard InChI is InChI=1S/C13H19NO4/c1-4-18-9-13(2,12(15)16)14-10-7-5-6-8-11(10)17-3/h5-8,14H,4,9H2,1-3H3,(H,15,16). The van der Waals surface area contributed by atoms with Gasteiger partial charge in [0.15, 0.2) is 5.54 Å². The summed E-state index contributed by atoms with van der Waals surface area (Å²) in [6, 6.07) is 7.18. The monoisotopic (exact) mass is 253 g/mol. The molecule has 0 saturated carbocycles. The van der Waals surface area contributed by atoms with Crippen molar-refractivity contribution in [3.8, 4) is 5.75 Å². The first-order valence-electron chi connectivity index (χ1n) is 5.76. The Bertz CT molecular complexity index is 408. The number of ether oxygens (including phenoxy) is 2. The minimum atomic E-state index is -1.19. The number of nitrogens with one attached hydrogen (secondary N) is 1. The zero-order valence-electron chi connectivity index (χ0n) is 10.9. The summed E-state index contributed by atoms with van der Waals surface area (Å²) in [6.07, 6.45) is 0. The molecule has 0 saturated heterocycles. The predicted molar refractivity (Wildman–Crippen MR) is 69.2 cm³/mol. The lowest BCUT2D eigenvalue weighted by atomic mass is 10.0. The molecule has 0 spiro atoms. The Hall–Kier alpha value is -1.75. The zero-order chi connectivity index (χ0) is 13.6. The fourth-order valence-electron chi connectivity index (χ4n) is 1.50. The number of anilines is 1. The molecule has 5 nitrogen and oxygen atoms in total. The van der Waals surface area contributed by atoms with E-state index in [1.807, 2.05) is 19.1 Å². The van der Waals surface area contributed by atoms with Crippen LogP contribution in [0.4, 0.5) is 5.69 Å². The number of hydrogen-bond acceptors (Lipinski definition) is 4. The third kappa shape index (κ3) is 3.37. The van der Waals surface area contributed by atoms with Gasteiger partial charge in [0, 0.05) is 6.61 Å².